The van der Waals surface area contributed by atoms with E-state index in [2.05, 4.69) is 10.1 Å². The molecule has 2 heterocycles. The highest BCUT2D eigenvalue weighted by molar-refractivity contribution is 5.67. The lowest BCUT2D eigenvalue weighted by Gasteiger charge is -2.30. The number of aromatic nitrogens is 3. The average Bonchev–Trinajstić information content (AvgIpc) is 3.06. The summed E-state index contributed by atoms with van der Waals surface area (Å²) in [7, 11) is 0. The van der Waals surface area contributed by atoms with Crippen molar-refractivity contribution in [2.75, 3.05) is 12.3 Å². The lowest BCUT2D eigenvalue weighted by molar-refractivity contribution is -0.0193. The summed E-state index contributed by atoms with van der Waals surface area (Å²) in [6.45, 7) is 5.64. The third kappa shape index (κ3) is 4.74. The summed E-state index contributed by atoms with van der Waals surface area (Å²) >= 11 is 0. The number of carbonyl (C=O) groups is 1. The monoisotopic (exact) mass is 401 g/mol. The molecule has 1 atom stereocenters. The van der Waals surface area contributed by atoms with Crippen molar-refractivity contribution >= 4 is 17.6 Å². The fourth-order valence-electron chi connectivity index (χ4n) is 3.38. The molecule has 9 heteroatoms. The molecular formula is C20H24FN5O3. The Morgan fingerprint density at radius 1 is 1.31 bits per heavy atom. The molecule has 0 saturated carbocycles. The van der Waals surface area contributed by atoms with Crippen molar-refractivity contribution in [3.8, 4) is 17.0 Å². The van der Waals surface area contributed by atoms with Gasteiger partial charge in [-0.05, 0) is 37.5 Å². The topological polar surface area (TPSA) is 118 Å². The van der Waals surface area contributed by atoms with Crippen LogP contribution >= 0.6 is 0 Å². The molecule has 3 aromatic rings. The average molecular weight is 401 g/mol. The number of carbonyl (C=O) groups excluding carboxylic acids is 1. The van der Waals surface area contributed by atoms with Gasteiger partial charge in [-0.3, -0.25) is 0 Å². The van der Waals surface area contributed by atoms with Crippen molar-refractivity contribution < 1.29 is 18.7 Å². The molecule has 1 unspecified atom stereocenters. The molecular weight excluding hydrogens is 377 g/mol. The fraction of sp³-hybridized carbons (Fsp3) is 0.350. The van der Waals surface area contributed by atoms with Gasteiger partial charge in [-0.15, -0.1) is 0 Å². The number of rotatable bonds is 7. The van der Waals surface area contributed by atoms with E-state index in [0.717, 1.165) is 0 Å². The van der Waals surface area contributed by atoms with E-state index in [1.54, 1.807) is 35.8 Å². The summed E-state index contributed by atoms with van der Waals surface area (Å²) in [6.07, 6.45) is 1.21. The van der Waals surface area contributed by atoms with Crippen LogP contribution in [0.4, 0.5) is 15.0 Å². The van der Waals surface area contributed by atoms with Crippen LogP contribution in [-0.4, -0.2) is 32.9 Å². The van der Waals surface area contributed by atoms with Gasteiger partial charge in [0.15, 0.2) is 17.2 Å². The molecule has 0 bridgehead atoms. The zero-order valence-corrected chi connectivity index (χ0v) is 16.6. The highest BCUT2D eigenvalue weighted by Crippen LogP contribution is 2.29. The Kier molecular flexibility index (Phi) is 5.58. The number of halogens is 1. The molecule has 154 valence electrons. The van der Waals surface area contributed by atoms with E-state index in [-0.39, 0.29) is 18.3 Å². The smallest absolute Gasteiger partial charge is 0.405 e. The third-order valence-corrected chi connectivity index (χ3v) is 4.33. The molecule has 1 amide bonds. The molecule has 2 aromatic heterocycles. The van der Waals surface area contributed by atoms with Gasteiger partial charge in [-0.25, -0.2) is 18.7 Å². The van der Waals surface area contributed by atoms with Gasteiger partial charge in [0.1, 0.15) is 18.0 Å². The number of amides is 1. The highest BCUT2D eigenvalue weighted by atomic mass is 19.1. The largest absolute Gasteiger partial charge is 0.486 e. The predicted molar refractivity (Wildman–Crippen MR) is 107 cm³/mol. The van der Waals surface area contributed by atoms with E-state index in [4.69, 9.17) is 20.9 Å². The predicted octanol–water partition coefficient (Wildman–Crippen LogP) is 3.40. The zero-order valence-electron chi connectivity index (χ0n) is 16.6. The van der Waals surface area contributed by atoms with Gasteiger partial charge in [0, 0.05) is 17.7 Å². The number of hydrogen-bond donors (Lipinski definition) is 2. The third-order valence-electron chi connectivity index (χ3n) is 4.33. The van der Waals surface area contributed by atoms with Crippen LogP contribution in [0.2, 0.25) is 0 Å². The number of nitrogens with zero attached hydrogens (tertiary/aromatic N) is 3. The van der Waals surface area contributed by atoms with Gasteiger partial charge in [0.2, 0.25) is 0 Å². The molecule has 0 aliphatic carbocycles. The molecule has 1 aromatic carbocycles. The van der Waals surface area contributed by atoms with E-state index in [1.165, 1.54) is 12.1 Å². The van der Waals surface area contributed by atoms with Crippen molar-refractivity contribution in [2.24, 2.45) is 11.7 Å². The second-order valence-electron chi connectivity index (χ2n) is 7.57. The normalized spacial score (nSPS) is 13.4. The summed E-state index contributed by atoms with van der Waals surface area (Å²) in [6, 6.07) is 7.87. The molecule has 0 aliphatic rings. The molecule has 0 radical (unpaired) electrons. The quantitative estimate of drug-likeness (QED) is 0.626. The molecule has 0 aliphatic heterocycles. The van der Waals surface area contributed by atoms with Gasteiger partial charge in [0.05, 0.1) is 11.9 Å². The van der Waals surface area contributed by atoms with Gasteiger partial charge in [0.25, 0.3) is 0 Å². The number of hydrogen-bond acceptors (Lipinski definition) is 6. The van der Waals surface area contributed by atoms with E-state index >= 15 is 0 Å². The fourth-order valence-corrected chi connectivity index (χ4v) is 3.38. The van der Waals surface area contributed by atoms with Crippen molar-refractivity contribution in [2.45, 2.75) is 32.8 Å². The van der Waals surface area contributed by atoms with Crippen LogP contribution in [0, 0.1) is 11.7 Å². The Labute approximate surface area is 167 Å². The minimum absolute atomic E-state index is 0.0318. The van der Waals surface area contributed by atoms with E-state index in [9.17, 15) is 9.18 Å². The van der Waals surface area contributed by atoms with E-state index < -0.39 is 17.5 Å². The molecule has 0 spiro atoms. The second-order valence-corrected chi connectivity index (χ2v) is 7.57. The van der Waals surface area contributed by atoms with Crippen molar-refractivity contribution in [1.82, 2.24) is 14.6 Å². The second kappa shape index (κ2) is 7.94. The van der Waals surface area contributed by atoms with E-state index in [1.807, 2.05) is 13.8 Å². The van der Waals surface area contributed by atoms with Crippen molar-refractivity contribution in [1.29, 1.82) is 0 Å². The number of fused-ring (bicyclic) bond motifs is 1. The first kappa shape index (κ1) is 20.4. The SMILES string of the molecule is CC(C)CC(C)(COc1ccc(-c2cc(N)nc3ccnn23)cc1F)OC(N)=O. The molecule has 4 N–H and O–H groups in total. The standard InChI is InChI=1S/C20H24FN5O3/c1-12(2)10-20(3,29-19(23)27)11-28-16-5-4-13(8-14(16)21)15-9-17(22)25-18-6-7-24-26(15)18/h4-9,12H,10-11H2,1-3H3,(H2,22,25)(H2,23,27). The number of primary amides is 1. The van der Waals surface area contributed by atoms with Gasteiger partial charge in [-0.1, -0.05) is 13.8 Å². The van der Waals surface area contributed by atoms with E-state index in [0.29, 0.717) is 29.1 Å². The van der Waals surface area contributed by atoms with Crippen LogP contribution in [0.15, 0.2) is 36.5 Å². The molecule has 29 heavy (non-hydrogen) atoms. The van der Waals surface area contributed by atoms with Crippen LogP contribution < -0.4 is 16.2 Å². The highest BCUT2D eigenvalue weighted by Gasteiger charge is 2.31. The summed E-state index contributed by atoms with van der Waals surface area (Å²) in [5, 5.41) is 4.20. The van der Waals surface area contributed by atoms with Crippen LogP contribution in [0.1, 0.15) is 27.2 Å². The lowest BCUT2D eigenvalue weighted by atomic mass is 9.95. The molecule has 0 fully saturated rings. The van der Waals surface area contributed by atoms with Crippen molar-refractivity contribution in [3.05, 3.63) is 42.3 Å². The number of benzene rings is 1. The zero-order chi connectivity index (χ0) is 21.2. The summed E-state index contributed by atoms with van der Waals surface area (Å²) in [4.78, 5) is 15.4. The first-order chi connectivity index (χ1) is 13.7. The summed E-state index contributed by atoms with van der Waals surface area (Å²) < 4.78 is 27.1. The van der Waals surface area contributed by atoms with Gasteiger partial charge in [-0.2, -0.15) is 5.10 Å². The maximum atomic E-state index is 14.7. The van der Waals surface area contributed by atoms with Crippen LogP contribution in [0.25, 0.3) is 16.9 Å². The van der Waals surface area contributed by atoms with Gasteiger partial charge < -0.3 is 20.9 Å². The van der Waals surface area contributed by atoms with Crippen LogP contribution in [-0.2, 0) is 4.74 Å². The summed E-state index contributed by atoms with van der Waals surface area (Å²) in [5.41, 5.74) is 11.8. The van der Waals surface area contributed by atoms with Crippen molar-refractivity contribution in [3.63, 3.8) is 0 Å². The minimum Gasteiger partial charge on any atom is -0.486 e. The number of ether oxygens (including phenoxy) is 2. The van der Waals surface area contributed by atoms with Gasteiger partial charge >= 0.3 is 6.09 Å². The molecule has 0 saturated heterocycles. The number of nitrogen functional groups attached to an aromatic ring is 1. The Bertz CT molecular complexity index is 1040. The van der Waals surface area contributed by atoms with Crippen LogP contribution in [0.3, 0.4) is 0 Å². The maximum Gasteiger partial charge on any atom is 0.405 e. The minimum atomic E-state index is -0.966. The maximum absolute atomic E-state index is 14.7. The Morgan fingerprint density at radius 3 is 2.72 bits per heavy atom. The Hall–Kier alpha value is -3.36. The first-order valence-electron chi connectivity index (χ1n) is 9.18. The van der Waals surface area contributed by atoms with Crippen LogP contribution in [0.5, 0.6) is 5.75 Å². The Balaban J connectivity index is 1.84. The Morgan fingerprint density at radius 2 is 2.07 bits per heavy atom. The lowest BCUT2D eigenvalue weighted by Crippen LogP contribution is -2.41. The summed E-state index contributed by atoms with van der Waals surface area (Å²) in [5.74, 6) is 0.00490. The number of nitrogens with two attached hydrogens (primary N) is 2. The number of anilines is 1. The molecule has 8 nitrogen and oxygen atoms in total. The molecule has 3 rings (SSSR count). The first-order valence-corrected chi connectivity index (χ1v) is 9.18.